The van der Waals surface area contributed by atoms with Gasteiger partial charge in [-0.25, -0.2) is 0 Å². The molecule has 130 valence electrons. The van der Waals surface area contributed by atoms with Crippen LogP contribution in [0.5, 0.6) is 5.75 Å². The van der Waals surface area contributed by atoms with Crippen LogP contribution >= 0.6 is 0 Å². The smallest absolute Gasteiger partial charge is 0.313 e. The summed E-state index contributed by atoms with van der Waals surface area (Å²) in [6, 6.07) is 8.99. The summed E-state index contributed by atoms with van der Waals surface area (Å²) in [6.07, 6.45) is 11.5. The van der Waals surface area contributed by atoms with Gasteiger partial charge in [0.1, 0.15) is 5.75 Å². The van der Waals surface area contributed by atoms with Crippen LogP contribution in [-0.2, 0) is 4.79 Å². The second-order valence-electron chi connectivity index (χ2n) is 6.26. The molecule has 0 aliphatic carbocycles. The van der Waals surface area contributed by atoms with Gasteiger partial charge in [0.2, 0.25) is 0 Å². The molecular weight excluding hydrogens is 288 g/mol. The van der Waals surface area contributed by atoms with Crippen molar-refractivity contribution in [3.05, 3.63) is 30.3 Å². The molecule has 0 spiro atoms. The number of unbranched alkanes of at least 4 members (excludes halogenated alkanes) is 8. The van der Waals surface area contributed by atoms with E-state index in [1.165, 1.54) is 44.9 Å². The Balaban J connectivity index is 1.97. The van der Waals surface area contributed by atoms with Crippen molar-refractivity contribution < 1.29 is 14.6 Å². The highest BCUT2D eigenvalue weighted by atomic mass is 16.5. The first-order valence-electron chi connectivity index (χ1n) is 9.16. The second kappa shape index (κ2) is 13.1. The fourth-order valence-corrected chi connectivity index (χ4v) is 2.65. The van der Waals surface area contributed by atoms with E-state index in [1.807, 2.05) is 18.2 Å². The van der Waals surface area contributed by atoms with Crippen molar-refractivity contribution in [3.8, 4) is 5.75 Å². The Hall–Kier alpha value is -1.35. The number of aliphatic hydroxyl groups is 1. The highest BCUT2D eigenvalue weighted by molar-refractivity contribution is 5.72. The number of carbonyl (C=O) groups is 1. The van der Waals surface area contributed by atoms with E-state index in [1.54, 1.807) is 12.1 Å². The zero-order valence-corrected chi connectivity index (χ0v) is 14.5. The maximum absolute atomic E-state index is 11.7. The molecule has 1 rings (SSSR count). The number of benzene rings is 1. The Bertz CT molecular complexity index is 403. The van der Waals surface area contributed by atoms with Gasteiger partial charge >= 0.3 is 5.97 Å². The van der Waals surface area contributed by atoms with Crippen LogP contribution < -0.4 is 4.74 Å². The molecule has 0 bridgehead atoms. The zero-order chi connectivity index (χ0) is 16.8. The number of ether oxygens (including phenoxy) is 1. The summed E-state index contributed by atoms with van der Waals surface area (Å²) in [4.78, 5) is 11.7. The molecule has 1 aromatic carbocycles. The van der Waals surface area contributed by atoms with Crippen molar-refractivity contribution in [1.29, 1.82) is 0 Å². The Kier molecular flexibility index (Phi) is 11.2. The van der Waals surface area contributed by atoms with Crippen molar-refractivity contribution in [2.75, 3.05) is 0 Å². The molecule has 0 saturated carbocycles. The van der Waals surface area contributed by atoms with Gasteiger partial charge in [-0.1, -0.05) is 82.9 Å². The van der Waals surface area contributed by atoms with Crippen molar-refractivity contribution >= 4 is 5.97 Å². The number of para-hydroxylation sites is 1. The Morgan fingerprint density at radius 1 is 0.957 bits per heavy atom. The summed E-state index contributed by atoms with van der Waals surface area (Å²) >= 11 is 0. The molecule has 1 aromatic rings. The molecule has 1 N–H and O–H groups in total. The minimum absolute atomic E-state index is 0.0753. The maximum Gasteiger partial charge on any atom is 0.313 e. The predicted octanol–water partition coefficient (Wildman–Crippen LogP) is 5.26. The lowest BCUT2D eigenvalue weighted by molar-refractivity contribution is -0.136. The predicted molar refractivity (Wildman–Crippen MR) is 94.5 cm³/mol. The number of aliphatic hydroxyl groups excluding tert-OH is 1. The first kappa shape index (κ1) is 19.7. The lowest BCUT2D eigenvalue weighted by atomic mass is 10.0. The molecule has 0 aromatic heterocycles. The number of rotatable bonds is 13. The van der Waals surface area contributed by atoms with Crippen molar-refractivity contribution in [2.24, 2.45) is 0 Å². The van der Waals surface area contributed by atoms with Crippen LogP contribution in [0.15, 0.2) is 30.3 Å². The average molecular weight is 320 g/mol. The van der Waals surface area contributed by atoms with E-state index in [0.717, 1.165) is 12.8 Å². The van der Waals surface area contributed by atoms with Crippen LogP contribution in [-0.4, -0.2) is 17.2 Å². The normalized spacial score (nSPS) is 12.1. The van der Waals surface area contributed by atoms with Crippen LogP contribution in [0.3, 0.4) is 0 Å². The van der Waals surface area contributed by atoms with Crippen molar-refractivity contribution in [2.45, 2.75) is 83.7 Å². The van der Waals surface area contributed by atoms with Gasteiger partial charge in [0.15, 0.2) is 0 Å². The topological polar surface area (TPSA) is 46.5 Å². The van der Waals surface area contributed by atoms with Crippen LogP contribution in [0.1, 0.15) is 77.6 Å². The van der Waals surface area contributed by atoms with Gasteiger partial charge in [-0.2, -0.15) is 0 Å². The third-order valence-electron chi connectivity index (χ3n) is 4.02. The largest absolute Gasteiger partial charge is 0.426 e. The van der Waals surface area contributed by atoms with Gasteiger partial charge < -0.3 is 9.84 Å². The molecule has 0 heterocycles. The minimum Gasteiger partial charge on any atom is -0.426 e. The highest BCUT2D eigenvalue weighted by Crippen LogP contribution is 2.14. The fourth-order valence-electron chi connectivity index (χ4n) is 2.65. The number of hydrogen-bond acceptors (Lipinski definition) is 3. The molecule has 23 heavy (non-hydrogen) atoms. The summed E-state index contributed by atoms with van der Waals surface area (Å²) in [6.45, 7) is 2.24. The molecule has 0 amide bonds. The van der Waals surface area contributed by atoms with E-state index in [4.69, 9.17) is 4.74 Å². The molecule has 0 fully saturated rings. The lowest BCUT2D eigenvalue weighted by Gasteiger charge is -2.10. The summed E-state index contributed by atoms with van der Waals surface area (Å²) in [5.41, 5.74) is 0. The molecular formula is C20H32O3. The van der Waals surface area contributed by atoms with Gasteiger partial charge in [-0.15, -0.1) is 0 Å². The second-order valence-corrected chi connectivity index (χ2v) is 6.26. The van der Waals surface area contributed by atoms with Gasteiger partial charge in [-0.3, -0.25) is 4.79 Å². The van der Waals surface area contributed by atoms with Crippen molar-refractivity contribution in [3.63, 3.8) is 0 Å². The first-order valence-corrected chi connectivity index (χ1v) is 9.16. The van der Waals surface area contributed by atoms with E-state index >= 15 is 0 Å². The molecule has 0 saturated heterocycles. The number of hydrogen-bond donors (Lipinski definition) is 1. The number of esters is 1. The van der Waals surface area contributed by atoms with E-state index in [2.05, 4.69) is 6.92 Å². The van der Waals surface area contributed by atoms with Gasteiger partial charge in [0.25, 0.3) is 0 Å². The standard InChI is InChI=1S/C20H32O3/c1-2-3-4-5-6-7-8-9-11-14-18(21)17-20(22)23-19-15-12-10-13-16-19/h10,12-13,15-16,18,21H,2-9,11,14,17H2,1H3/t18-/m1/s1. The third kappa shape index (κ3) is 10.9. The molecule has 1 atom stereocenters. The molecule has 0 aliphatic heterocycles. The molecule has 0 radical (unpaired) electrons. The Morgan fingerprint density at radius 3 is 2.13 bits per heavy atom. The van der Waals surface area contributed by atoms with Crippen LogP contribution in [0.2, 0.25) is 0 Å². The summed E-state index contributed by atoms with van der Waals surface area (Å²) in [7, 11) is 0. The SMILES string of the molecule is CCCCCCCCCCC[C@@H](O)CC(=O)Oc1ccccc1. The summed E-state index contributed by atoms with van der Waals surface area (Å²) < 4.78 is 5.18. The van der Waals surface area contributed by atoms with Gasteiger partial charge in [-0.05, 0) is 18.6 Å². The van der Waals surface area contributed by atoms with Crippen LogP contribution in [0, 0.1) is 0 Å². The van der Waals surface area contributed by atoms with Gasteiger partial charge in [0.05, 0.1) is 12.5 Å². The van der Waals surface area contributed by atoms with Crippen molar-refractivity contribution in [1.82, 2.24) is 0 Å². The first-order chi connectivity index (χ1) is 11.2. The quantitative estimate of drug-likeness (QED) is 0.306. The molecule has 3 nitrogen and oxygen atoms in total. The van der Waals surface area contributed by atoms with E-state index in [0.29, 0.717) is 12.2 Å². The Morgan fingerprint density at radius 2 is 1.52 bits per heavy atom. The van der Waals surface area contributed by atoms with E-state index < -0.39 is 6.10 Å². The van der Waals surface area contributed by atoms with E-state index in [9.17, 15) is 9.90 Å². The van der Waals surface area contributed by atoms with Gasteiger partial charge in [0, 0.05) is 0 Å². The maximum atomic E-state index is 11.7. The van der Waals surface area contributed by atoms with E-state index in [-0.39, 0.29) is 12.4 Å². The molecule has 3 heteroatoms. The number of carbonyl (C=O) groups excluding carboxylic acids is 1. The Labute approximate surface area is 141 Å². The average Bonchev–Trinajstić information content (AvgIpc) is 2.54. The highest BCUT2D eigenvalue weighted by Gasteiger charge is 2.12. The molecule has 0 aliphatic rings. The van der Waals surface area contributed by atoms with Crippen LogP contribution in [0.25, 0.3) is 0 Å². The zero-order valence-electron chi connectivity index (χ0n) is 14.5. The summed E-state index contributed by atoms with van der Waals surface area (Å²) in [5, 5.41) is 9.90. The van der Waals surface area contributed by atoms with Crippen LogP contribution in [0.4, 0.5) is 0 Å². The lowest BCUT2D eigenvalue weighted by Crippen LogP contribution is -2.17. The minimum atomic E-state index is -0.587. The third-order valence-corrected chi connectivity index (χ3v) is 4.02. The molecule has 0 unspecified atom stereocenters. The fraction of sp³-hybridized carbons (Fsp3) is 0.650. The summed E-state index contributed by atoms with van der Waals surface area (Å²) in [5.74, 6) is 0.174. The monoisotopic (exact) mass is 320 g/mol.